The van der Waals surface area contributed by atoms with Crippen molar-refractivity contribution in [3.8, 4) is 11.5 Å². The third kappa shape index (κ3) is 6.06. The van der Waals surface area contributed by atoms with Gasteiger partial charge >= 0.3 is 0 Å². The van der Waals surface area contributed by atoms with Gasteiger partial charge < -0.3 is 20.1 Å². The minimum absolute atomic E-state index is 0.144. The number of carbonyl (C=O) groups is 2. The van der Waals surface area contributed by atoms with E-state index in [4.69, 9.17) is 9.47 Å². The predicted molar refractivity (Wildman–Crippen MR) is 138 cm³/mol. The van der Waals surface area contributed by atoms with Crippen molar-refractivity contribution in [1.29, 1.82) is 0 Å². The number of thiazole rings is 1. The van der Waals surface area contributed by atoms with Crippen LogP contribution in [0.1, 0.15) is 17.3 Å². The number of hydrogen-bond donors (Lipinski definition) is 2. The molecule has 0 aliphatic carbocycles. The highest BCUT2D eigenvalue weighted by atomic mass is 32.2. The number of rotatable bonds is 9. The van der Waals surface area contributed by atoms with Gasteiger partial charge in [-0.25, -0.2) is 4.98 Å². The van der Waals surface area contributed by atoms with E-state index in [0.717, 1.165) is 26.1 Å². The smallest absolute Gasteiger partial charge is 0.255 e. The number of nitrogens with one attached hydrogen (secondary N) is 2. The highest BCUT2D eigenvalue weighted by Gasteiger charge is 2.11. The molecule has 0 aliphatic rings. The molecule has 0 spiro atoms. The Bertz CT molecular complexity index is 1290. The molecule has 7 nitrogen and oxygen atoms in total. The van der Waals surface area contributed by atoms with Crippen LogP contribution in [0, 0.1) is 0 Å². The summed E-state index contributed by atoms with van der Waals surface area (Å²) in [7, 11) is 1.59. The number of ether oxygens (including phenoxy) is 2. The van der Waals surface area contributed by atoms with Crippen LogP contribution in [0.2, 0.25) is 0 Å². The second-order valence-electron chi connectivity index (χ2n) is 7.14. The summed E-state index contributed by atoms with van der Waals surface area (Å²) in [5.74, 6) is 1.39. The Hall–Kier alpha value is -3.56. The monoisotopic (exact) mass is 493 g/mol. The number of nitrogens with zero attached hydrogens (tertiary/aromatic N) is 1. The van der Waals surface area contributed by atoms with Gasteiger partial charge in [0, 0.05) is 16.9 Å². The Morgan fingerprint density at radius 2 is 1.62 bits per heavy atom. The van der Waals surface area contributed by atoms with Gasteiger partial charge in [-0.15, -0.1) is 11.3 Å². The summed E-state index contributed by atoms with van der Waals surface area (Å²) in [5, 5.41) is 5.68. The normalized spacial score (nSPS) is 10.6. The fourth-order valence-electron chi connectivity index (χ4n) is 3.11. The standard InChI is InChI=1S/C25H23N3O4S2/c1-3-32-20-12-13-21-22(14-20)34-25(28-21)33-15-23(29)26-17-6-4-16(5-7-17)24(30)27-18-8-10-19(31-2)11-9-18/h4-14H,3,15H2,1-2H3,(H,26,29)(H,27,30). The first-order valence-corrected chi connectivity index (χ1v) is 12.4. The first-order chi connectivity index (χ1) is 16.5. The van der Waals surface area contributed by atoms with Crippen LogP contribution in [0.25, 0.3) is 10.2 Å². The Balaban J connectivity index is 1.29. The van der Waals surface area contributed by atoms with Crippen LogP contribution < -0.4 is 20.1 Å². The molecule has 4 aromatic rings. The summed E-state index contributed by atoms with van der Waals surface area (Å²) in [6.07, 6.45) is 0. The van der Waals surface area contributed by atoms with Crippen molar-refractivity contribution >= 4 is 56.5 Å². The number of fused-ring (bicyclic) bond motifs is 1. The molecule has 1 aromatic heterocycles. The van der Waals surface area contributed by atoms with Crippen LogP contribution in [0.15, 0.2) is 71.1 Å². The SMILES string of the molecule is CCOc1ccc2nc(SCC(=O)Nc3ccc(C(=O)Nc4ccc(OC)cc4)cc3)sc2c1. The van der Waals surface area contributed by atoms with Gasteiger partial charge in [0.15, 0.2) is 4.34 Å². The lowest BCUT2D eigenvalue weighted by atomic mass is 10.2. The lowest BCUT2D eigenvalue weighted by Crippen LogP contribution is -2.15. The molecule has 0 aliphatic heterocycles. The average molecular weight is 494 g/mol. The second-order valence-corrected chi connectivity index (χ2v) is 9.39. The van der Waals surface area contributed by atoms with Gasteiger partial charge in [0.05, 0.1) is 29.7 Å². The lowest BCUT2D eigenvalue weighted by Gasteiger charge is -2.08. The number of hydrogen-bond acceptors (Lipinski definition) is 7. The molecule has 0 atom stereocenters. The number of aromatic nitrogens is 1. The highest BCUT2D eigenvalue weighted by Crippen LogP contribution is 2.32. The maximum atomic E-state index is 12.4. The maximum Gasteiger partial charge on any atom is 0.255 e. The van der Waals surface area contributed by atoms with Crippen molar-refractivity contribution in [1.82, 2.24) is 4.98 Å². The Labute approximate surface area is 205 Å². The van der Waals surface area contributed by atoms with E-state index < -0.39 is 0 Å². The zero-order chi connectivity index (χ0) is 23.9. The molecule has 0 fully saturated rings. The largest absolute Gasteiger partial charge is 0.497 e. The third-order valence-electron chi connectivity index (χ3n) is 4.76. The van der Waals surface area contributed by atoms with Crippen molar-refractivity contribution in [2.75, 3.05) is 30.1 Å². The molecule has 3 aromatic carbocycles. The lowest BCUT2D eigenvalue weighted by molar-refractivity contribution is -0.113. The van der Waals surface area contributed by atoms with E-state index in [1.807, 2.05) is 25.1 Å². The molecular weight excluding hydrogens is 470 g/mol. The summed E-state index contributed by atoms with van der Waals surface area (Å²) in [6, 6.07) is 19.6. The minimum atomic E-state index is -0.234. The number of anilines is 2. The van der Waals surface area contributed by atoms with E-state index in [1.54, 1.807) is 55.6 Å². The molecule has 174 valence electrons. The summed E-state index contributed by atoms with van der Waals surface area (Å²) >= 11 is 2.92. The van der Waals surface area contributed by atoms with Crippen LogP contribution in [0.4, 0.5) is 11.4 Å². The summed E-state index contributed by atoms with van der Waals surface area (Å²) in [4.78, 5) is 29.4. The number of benzene rings is 3. The fraction of sp³-hybridized carbons (Fsp3) is 0.160. The van der Waals surface area contributed by atoms with Gasteiger partial charge in [0.25, 0.3) is 5.91 Å². The zero-order valence-electron chi connectivity index (χ0n) is 18.7. The van der Waals surface area contributed by atoms with Crippen LogP contribution in [0.5, 0.6) is 11.5 Å². The number of thioether (sulfide) groups is 1. The van der Waals surface area contributed by atoms with Gasteiger partial charge in [0.1, 0.15) is 11.5 Å². The van der Waals surface area contributed by atoms with Crippen molar-refractivity contribution < 1.29 is 19.1 Å². The summed E-state index contributed by atoms with van der Waals surface area (Å²) in [6.45, 7) is 2.56. The van der Waals surface area contributed by atoms with Gasteiger partial charge in [-0.05, 0) is 73.7 Å². The zero-order valence-corrected chi connectivity index (χ0v) is 20.3. The van der Waals surface area contributed by atoms with Crippen LogP contribution >= 0.6 is 23.1 Å². The van der Waals surface area contributed by atoms with Gasteiger partial charge in [-0.3, -0.25) is 9.59 Å². The van der Waals surface area contributed by atoms with Crippen molar-refractivity contribution in [3.63, 3.8) is 0 Å². The Kier molecular flexibility index (Phi) is 7.66. The molecule has 0 radical (unpaired) electrons. The fourth-order valence-corrected chi connectivity index (χ4v) is 5.01. The van der Waals surface area contributed by atoms with E-state index in [2.05, 4.69) is 15.6 Å². The van der Waals surface area contributed by atoms with Crippen molar-refractivity contribution in [3.05, 3.63) is 72.3 Å². The number of amides is 2. The second kappa shape index (κ2) is 11.0. The topological polar surface area (TPSA) is 89.5 Å². The maximum absolute atomic E-state index is 12.4. The molecule has 9 heteroatoms. The predicted octanol–water partition coefficient (Wildman–Crippen LogP) is 5.69. The van der Waals surface area contributed by atoms with Crippen molar-refractivity contribution in [2.24, 2.45) is 0 Å². The molecule has 0 unspecified atom stereocenters. The van der Waals surface area contributed by atoms with Gasteiger partial charge in [-0.2, -0.15) is 0 Å². The molecule has 4 rings (SSSR count). The number of carbonyl (C=O) groups excluding carboxylic acids is 2. The number of methoxy groups -OCH3 is 1. The van der Waals surface area contributed by atoms with Crippen LogP contribution in [-0.4, -0.2) is 36.3 Å². The van der Waals surface area contributed by atoms with E-state index in [9.17, 15) is 9.59 Å². The van der Waals surface area contributed by atoms with E-state index in [1.165, 1.54) is 23.1 Å². The Morgan fingerprint density at radius 3 is 2.32 bits per heavy atom. The van der Waals surface area contributed by atoms with E-state index in [-0.39, 0.29) is 17.6 Å². The van der Waals surface area contributed by atoms with Gasteiger partial charge in [0.2, 0.25) is 5.91 Å². The molecule has 2 amide bonds. The molecule has 34 heavy (non-hydrogen) atoms. The van der Waals surface area contributed by atoms with Gasteiger partial charge in [-0.1, -0.05) is 11.8 Å². The first-order valence-electron chi connectivity index (χ1n) is 10.6. The van der Waals surface area contributed by atoms with Crippen LogP contribution in [0.3, 0.4) is 0 Å². The average Bonchev–Trinajstić information content (AvgIpc) is 3.26. The third-order valence-corrected chi connectivity index (χ3v) is 6.92. The summed E-state index contributed by atoms with van der Waals surface area (Å²) < 4.78 is 12.5. The highest BCUT2D eigenvalue weighted by molar-refractivity contribution is 8.01. The van der Waals surface area contributed by atoms with Crippen LogP contribution in [-0.2, 0) is 4.79 Å². The minimum Gasteiger partial charge on any atom is -0.497 e. The molecule has 0 saturated heterocycles. The molecule has 1 heterocycles. The van der Waals surface area contributed by atoms with E-state index in [0.29, 0.717) is 23.5 Å². The molecule has 2 N–H and O–H groups in total. The molecular formula is C25H23N3O4S2. The Morgan fingerprint density at radius 1 is 0.941 bits per heavy atom. The molecule has 0 saturated carbocycles. The molecule has 0 bridgehead atoms. The van der Waals surface area contributed by atoms with E-state index >= 15 is 0 Å². The van der Waals surface area contributed by atoms with Crippen molar-refractivity contribution in [2.45, 2.75) is 11.3 Å². The first kappa shape index (κ1) is 23.6. The summed E-state index contributed by atoms with van der Waals surface area (Å²) in [5.41, 5.74) is 2.67. The quantitative estimate of drug-likeness (QED) is 0.291.